The van der Waals surface area contributed by atoms with Crippen LogP contribution in [-0.2, 0) is 9.59 Å². The van der Waals surface area contributed by atoms with Crippen LogP contribution < -0.4 is 10.2 Å². The molecule has 0 saturated heterocycles. The van der Waals surface area contributed by atoms with Crippen molar-refractivity contribution in [1.29, 1.82) is 0 Å². The third kappa shape index (κ3) is 6.60. The fourth-order valence-corrected chi connectivity index (χ4v) is 2.29. The molecule has 5 nitrogen and oxygen atoms in total. The van der Waals surface area contributed by atoms with Crippen molar-refractivity contribution in [3.63, 3.8) is 0 Å². The Balaban J connectivity index is 2.60. The number of anilines is 1. The Bertz CT molecular complexity index is 582. The van der Waals surface area contributed by atoms with Crippen LogP contribution in [-0.4, -0.2) is 49.4 Å². The van der Waals surface area contributed by atoms with Gasteiger partial charge in [0.05, 0.1) is 13.1 Å². The molecule has 0 spiro atoms. The van der Waals surface area contributed by atoms with Crippen molar-refractivity contribution in [2.75, 3.05) is 32.1 Å². The molecule has 0 radical (unpaired) electrons. The number of amides is 2. The minimum Gasteiger partial charge on any atom is -0.365 e. The molecule has 2 amide bonds. The molecule has 0 aliphatic rings. The molecule has 0 aliphatic carbocycles. The first kappa shape index (κ1) is 19.5. The molecule has 128 valence electrons. The van der Waals surface area contributed by atoms with Crippen LogP contribution in [0.25, 0.3) is 0 Å². The zero-order valence-electron chi connectivity index (χ0n) is 14.7. The van der Waals surface area contributed by atoms with E-state index < -0.39 is 0 Å². The number of nitrogens with one attached hydrogen (secondary N) is 1. The van der Waals surface area contributed by atoms with Crippen molar-refractivity contribution in [2.24, 2.45) is 0 Å². The van der Waals surface area contributed by atoms with Crippen LogP contribution in [0.1, 0.15) is 26.3 Å². The molecular formula is C17H26BrN3O2. The lowest BCUT2D eigenvalue weighted by molar-refractivity contribution is -0.134. The fourth-order valence-electron chi connectivity index (χ4n) is 2.04. The predicted octanol–water partition coefficient (Wildman–Crippen LogP) is 2.57. The Hall–Kier alpha value is -1.56. The quantitative estimate of drug-likeness (QED) is 0.849. The van der Waals surface area contributed by atoms with E-state index in [1.165, 1.54) is 4.90 Å². The third-order valence-electron chi connectivity index (χ3n) is 3.28. The number of benzene rings is 1. The number of carbonyl (C=O) groups excluding carboxylic acids is 2. The number of likely N-dealkylation sites (N-methyl/N-ethyl adjacent to an activating group) is 2. The van der Waals surface area contributed by atoms with E-state index in [9.17, 15) is 9.59 Å². The van der Waals surface area contributed by atoms with E-state index in [1.54, 1.807) is 7.05 Å². The van der Waals surface area contributed by atoms with Gasteiger partial charge in [0.2, 0.25) is 11.8 Å². The highest BCUT2D eigenvalue weighted by Crippen LogP contribution is 2.22. The lowest BCUT2D eigenvalue weighted by Crippen LogP contribution is -2.47. The number of hydrogen-bond donors (Lipinski definition) is 1. The molecule has 1 rings (SSSR count). The molecule has 0 saturated carbocycles. The number of carbonyl (C=O) groups is 2. The van der Waals surface area contributed by atoms with Crippen LogP contribution in [0.15, 0.2) is 22.7 Å². The minimum absolute atomic E-state index is 0.0588. The van der Waals surface area contributed by atoms with Gasteiger partial charge in [0.15, 0.2) is 0 Å². The summed E-state index contributed by atoms with van der Waals surface area (Å²) >= 11 is 3.47. The number of nitrogens with zero attached hydrogens (tertiary/aromatic N) is 2. The average molecular weight is 384 g/mol. The van der Waals surface area contributed by atoms with Gasteiger partial charge in [-0.15, -0.1) is 0 Å². The standard InChI is InChI=1S/C17H26BrN3O2/c1-12-9-13(7-8-14(12)18)20(5)11-16(23)21(6)10-15(22)19-17(2,3)4/h7-9H,10-11H2,1-6H3,(H,19,22). The number of hydrogen-bond acceptors (Lipinski definition) is 3. The zero-order valence-corrected chi connectivity index (χ0v) is 16.3. The van der Waals surface area contributed by atoms with Crippen molar-refractivity contribution < 1.29 is 9.59 Å². The van der Waals surface area contributed by atoms with Crippen molar-refractivity contribution >= 4 is 33.4 Å². The van der Waals surface area contributed by atoms with E-state index in [0.717, 1.165) is 15.7 Å². The van der Waals surface area contributed by atoms with Crippen molar-refractivity contribution in [3.8, 4) is 0 Å². The van der Waals surface area contributed by atoms with Gasteiger partial charge in [-0.05, 0) is 51.5 Å². The van der Waals surface area contributed by atoms with Crippen molar-refractivity contribution in [1.82, 2.24) is 10.2 Å². The van der Waals surface area contributed by atoms with Crippen LogP contribution in [0, 0.1) is 6.92 Å². The highest BCUT2D eigenvalue weighted by atomic mass is 79.9. The average Bonchev–Trinajstić information content (AvgIpc) is 2.39. The molecule has 0 aromatic heterocycles. The molecule has 0 atom stereocenters. The van der Waals surface area contributed by atoms with Gasteiger partial charge in [-0.3, -0.25) is 9.59 Å². The topological polar surface area (TPSA) is 52.7 Å². The molecular weight excluding hydrogens is 358 g/mol. The Morgan fingerprint density at radius 1 is 1.17 bits per heavy atom. The second-order valence-corrected chi connectivity index (χ2v) is 7.69. The molecule has 0 fully saturated rings. The predicted molar refractivity (Wildman–Crippen MR) is 97.7 cm³/mol. The summed E-state index contributed by atoms with van der Waals surface area (Å²) in [4.78, 5) is 27.5. The number of rotatable bonds is 5. The Labute approximate surface area is 147 Å². The maximum absolute atomic E-state index is 12.3. The van der Waals surface area contributed by atoms with E-state index in [4.69, 9.17) is 0 Å². The first-order valence-electron chi connectivity index (χ1n) is 7.52. The van der Waals surface area contributed by atoms with Gasteiger partial charge in [-0.2, -0.15) is 0 Å². The van der Waals surface area contributed by atoms with Crippen LogP contribution in [0.5, 0.6) is 0 Å². The highest BCUT2D eigenvalue weighted by Gasteiger charge is 2.18. The minimum atomic E-state index is -0.299. The summed E-state index contributed by atoms with van der Waals surface area (Å²) in [7, 11) is 3.51. The molecule has 0 bridgehead atoms. The van der Waals surface area contributed by atoms with Crippen LogP contribution in [0.3, 0.4) is 0 Å². The first-order valence-corrected chi connectivity index (χ1v) is 8.31. The largest absolute Gasteiger partial charge is 0.365 e. The van der Waals surface area contributed by atoms with Gasteiger partial charge in [0.25, 0.3) is 0 Å². The molecule has 23 heavy (non-hydrogen) atoms. The normalized spacial score (nSPS) is 11.1. The molecule has 0 heterocycles. The summed E-state index contributed by atoms with van der Waals surface area (Å²) in [5.41, 5.74) is 1.78. The zero-order chi connectivity index (χ0) is 17.8. The molecule has 1 aromatic carbocycles. The molecule has 0 unspecified atom stereocenters. The smallest absolute Gasteiger partial charge is 0.242 e. The second kappa shape index (κ2) is 7.81. The summed E-state index contributed by atoms with van der Waals surface area (Å²) < 4.78 is 1.04. The summed E-state index contributed by atoms with van der Waals surface area (Å²) in [6.45, 7) is 8.03. The first-order chi connectivity index (χ1) is 10.5. The SMILES string of the molecule is Cc1cc(N(C)CC(=O)N(C)CC(=O)NC(C)(C)C)ccc1Br. The number of halogens is 1. The maximum Gasteiger partial charge on any atom is 0.242 e. The van der Waals surface area contributed by atoms with Gasteiger partial charge in [0, 0.05) is 29.8 Å². The maximum atomic E-state index is 12.3. The molecule has 1 N–H and O–H groups in total. The molecule has 1 aromatic rings. The van der Waals surface area contributed by atoms with Crippen LogP contribution in [0.4, 0.5) is 5.69 Å². The Morgan fingerprint density at radius 2 is 1.78 bits per heavy atom. The van der Waals surface area contributed by atoms with E-state index in [1.807, 2.05) is 57.8 Å². The summed E-state index contributed by atoms with van der Waals surface area (Å²) in [5.74, 6) is -0.257. The summed E-state index contributed by atoms with van der Waals surface area (Å²) in [5, 5.41) is 2.85. The van der Waals surface area contributed by atoms with E-state index in [0.29, 0.717) is 0 Å². The highest BCUT2D eigenvalue weighted by molar-refractivity contribution is 9.10. The lowest BCUT2D eigenvalue weighted by Gasteiger charge is -2.25. The van der Waals surface area contributed by atoms with Gasteiger partial charge < -0.3 is 15.1 Å². The summed E-state index contributed by atoms with van der Waals surface area (Å²) in [6.07, 6.45) is 0. The van der Waals surface area contributed by atoms with E-state index in [2.05, 4.69) is 21.2 Å². The van der Waals surface area contributed by atoms with Crippen LogP contribution >= 0.6 is 15.9 Å². The third-order valence-corrected chi connectivity index (χ3v) is 4.17. The fraction of sp³-hybridized carbons (Fsp3) is 0.529. The summed E-state index contributed by atoms with van der Waals surface area (Å²) in [6, 6.07) is 5.94. The lowest BCUT2D eigenvalue weighted by atomic mass is 10.1. The second-order valence-electron chi connectivity index (χ2n) is 6.84. The molecule has 0 aliphatic heterocycles. The van der Waals surface area contributed by atoms with Crippen molar-refractivity contribution in [3.05, 3.63) is 28.2 Å². The number of aryl methyl sites for hydroxylation is 1. The monoisotopic (exact) mass is 383 g/mol. The van der Waals surface area contributed by atoms with Gasteiger partial charge in [0.1, 0.15) is 0 Å². The van der Waals surface area contributed by atoms with Gasteiger partial charge >= 0.3 is 0 Å². The van der Waals surface area contributed by atoms with E-state index >= 15 is 0 Å². The Morgan fingerprint density at radius 3 is 2.30 bits per heavy atom. The van der Waals surface area contributed by atoms with E-state index in [-0.39, 0.29) is 30.4 Å². The van der Waals surface area contributed by atoms with Gasteiger partial charge in [-0.1, -0.05) is 15.9 Å². The molecule has 6 heteroatoms. The van der Waals surface area contributed by atoms with Crippen LogP contribution in [0.2, 0.25) is 0 Å². The van der Waals surface area contributed by atoms with Gasteiger partial charge in [-0.25, -0.2) is 0 Å². The Kier molecular flexibility index (Phi) is 6.62. The van der Waals surface area contributed by atoms with Crippen molar-refractivity contribution in [2.45, 2.75) is 33.2 Å².